The summed E-state index contributed by atoms with van der Waals surface area (Å²) in [5, 5.41) is 181. The van der Waals surface area contributed by atoms with Crippen molar-refractivity contribution in [3.63, 3.8) is 0 Å². The van der Waals surface area contributed by atoms with Crippen molar-refractivity contribution in [1.82, 2.24) is 5.32 Å². The van der Waals surface area contributed by atoms with Crippen LogP contribution in [-0.2, 0) is 52.2 Å². The minimum absolute atomic E-state index is 0.801. The van der Waals surface area contributed by atoms with Crippen molar-refractivity contribution in [1.29, 1.82) is 0 Å². The zero-order valence-corrected chi connectivity index (χ0v) is 34.3. The first kappa shape index (κ1) is 53.8. The van der Waals surface area contributed by atoms with Crippen LogP contribution in [0, 0.1) is 0 Å². The number of rotatable bonds is 17. The fourth-order valence-corrected chi connectivity index (χ4v) is 8.19. The third-order valence-corrected chi connectivity index (χ3v) is 11.8. The number of nitrogens with two attached hydrogens (primary N) is 1. The molecule has 5 aliphatic heterocycles. The molecule has 26 atom stereocenters. The molecule has 0 saturated carbocycles. The lowest BCUT2D eigenvalue weighted by atomic mass is 9.88. The van der Waals surface area contributed by atoms with Gasteiger partial charge < -0.3 is 140 Å². The Balaban J connectivity index is 1.36. The number of aliphatic carboxylic acids is 1. The topological polar surface area (TPSA) is 499 Å². The van der Waals surface area contributed by atoms with Crippen molar-refractivity contribution in [3.05, 3.63) is 0 Å². The van der Waals surface area contributed by atoms with Crippen LogP contribution in [0.3, 0.4) is 0 Å². The van der Waals surface area contributed by atoms with Gasteiger partial charge in [-0.3, -0.25) is 4.79 Å². The van der Waals surface area contributed by atoms with Crippen LogP contribution >= 0.6 is 0 Å². The lowest BCUT2D eigenvalue weighted by molar-refractivity contribution is -0.387. The highest BCUT2D eigenvalue weighted by atomic mass is 16.8. The van der Waals surface area contributed by atoms with Crippen molar-refractivity contribution in [3.8, 4) is 0 Å². The van der Waals surface area contributed by atoms with E-state index in [2.05, 4.69) is 5.32 Å². The summed E-state index contributed by atoms with van der Waals surface area (Å²) in [6.07, 6.45) is -45.9. The molecular formula is C35H60N2O28. The number of carbonyl (C=O) groups excluding carboxylic acids is 1. The number of carboxylic acids is 1. The number of ether oxygens (including phenoxy) is 9. The molecule has 1 amide bonds. The second kappa shape index (κ2) is 22.5. The van der Waals surface area contributed by atoms with Gasteiger partial charge in [0.2, 0.25) is 5.91 Å². The molecule has 20 N–H and O–H groups in total. The van der Waals surface area contributed by atoms with Gasteiger partial charge in [-0.2, -0.15) is 0 Å². The van der Waals surface area contributed by atoms with Crippen LogP contribution in [0.25, 0.3) is 0 Å². The zero-order chi connectivity index (χ0) is 48.4. The summed E-state index contributed by atoms with van der Waals surface area (Å²) < 4.78 is 50.2. The van der Waals surface area contributed by atoms with E-state index in [1.807, 2.05) is 0 Å². The van der Waals surface area contributed by atoms with Gasteiger partial charge in [-0.1, -0.05) is 0 Å². The quantitative estimate of drug-likeness (QED) is 0.0643. The Bertz CT molecular complexity index is 1540. The molecule has 378 valence electrons. The van der Waals surface area contributed by atoms with Crippen molar-refractivity contribution in [2.75, 3.05) is 33.0 Å². The minimum atomic E-state index is -3.14. The van der Waals surface area contributed by atoms with E-state index in [4.69, 9.17) is 48.4 Å². The molecule has 30 nitrogen and oxygen atoms in total. The molecule has 0 spiro atoms. The lowest BCUT2D eigenvalue weighted by Crippen LogP contribution is -2.71. The summed E-state index contributed by atoms with van der Waals surface area (Å²) >= 11 is 0. The maximum atomic E-state index is 12.9. The first-order chi connectivity index (χ1) is 30.6. The smallest absolute Gasteiger partial charge is 0.364 e. The fraction of sp³-hybridized carbons (Fsp3) is 0.943. The van der Waals surface area contributed by atoms with Gasteiger partial charge in [-0.25, -0.2) is 4.79 Å². The predicted molar refractivity (Wildman–Crippen MR) is 197 cm³/mol. The lowest BCUT2D eigenvalue weighted by Gasteiger charge is -2.51. The fourth-order valence-electron chi connectivity index (χ4n) is 8.19. The summed E-state index contributed by atoms with van der Waals surface area (Å²) in [5.74, 6) is -5.99. The van der Waals surface area contributed by atoms with Crippen LogP contribution < -0.4 is 11.1 Å². The van der Waals surface area contributed by atoms with E-state index >= 15 is 0 Å². The van der Waals surface area contributed by atoms with Crippen LogP contribution in [0.1, 0.15) is 13.3 Å². The van der Waals surface area contributed by atoms with E-state index in [0.29, 0.717) is 0 Å². The molecule has 0 unspecified atom stereocenters. The van der Waals surface area contributed by atoms with E-state index in [0.717, 1.165) is 6.92 Å². The third-order valence-electron chi connectivity index (χ3n) is 11.8. The number of carbonyl (C=O) groups is 2. The predicted octanol–water partition coefficient (Wildman–Crippen LogP) is -12.6. The Morgan fingerprint density at radius 1 is 0.646 bits per heavy atom. The minimum Gasteiger partial charge on any atom is -0.477 e. The number of aliphatic hydroxyl groups is 16. The molecule has 5 saturated heterocycles. The van der Waals surface area contributed by atoms with Crippen molar-refractivity contribution >= 4 is 11.9 Å². The largest absolute Gasteiger partial charge is 0.477 e. The van der Waals surface area contributed by atoms with E-state index in [-0.39, 0.29) is 0 Å². The van der Waals surface area contributed by atoms with E-state index < -0.39 is 210 Å². The summed E-state index contributed by atoms with van der Waals surface area (Å²) in [4.78, 5) is 24.8. The average molecular weight is 957 g/mol. The number of carboxylic acid groups (broad SMARTS) is 1. The highest BCUT2D eigenvalue weighted by Crippen LogP contribution is 2.39. The van der Waals surface area contributed by atoms with E-state index in [1.165, 1.54) is 0 Å². The van der Waals surface area contributed by atoms with Crippen LogP contribution in [-0.4, -0.2) is 291 Å². The van der Waals surface area contributed by atoms with Gasteiger partial charge in [0.25, 0.3) is 5.79 Å². The SMILES string of the molecule is CC(=O)N[C@H]1[C@H]([C@H](O)[C@H](O)CO)O[C@@](O[C@H]2[C@@H](O)[C@@H](CO)O[C@@H](O[C@@H]3[C@@H](N)[C@H](O[C@@H]4[C@H](O)[C@@H](O)[C@H](O[C@H]5[C@H](O)[C@H](O)[C@H](O)O[C@@H]5CO)O[C@@H]4CO)O[C@H](CO)[C@@H]3O)[C@@H]2O)(C(=O)O)C[C@@H]1O. The molecule has 5 aliphatic rings. The van der Waals surface area contributed by atoms with Gasteiger partial charge in [-0.05, 0) is 0 Å². The number of aliphatic hydroxyl groups excluding tert-OH is 16. The molecular weight excluding hydrogens is 896 g/mol. The van der Waals surface area contributed by atoms with Gasteiger partial charge in [-0.15, -0.1) is 0 Å². The molecule has 0 aliphatic carbocycles. The Kier molecular flexibility index (Phi) is 18.7. The van der Waals surface area contributed by atoms with Crippen LogP contribution in [0.4, 0.5) is 0 Å². The first-order valence-electron chi connectivity index (χ1n) is 20.3. The first-order valence-corrected chi connectivity index (χ1v) is 20.3. The molecule has 0 radical (unpaired) electrons. The maximum absolute atomic E-state index is 12.9. The van der Waals surface area contributed by atoms with Gasteiger partial charge in [0.15, 0.2) is 25.2 Å². The Labute approximate surface area is 367 Å². The highest BCUT2D eigenvalue weighted by molar-refractivity contribution is 5.76. The van der Waals surface area contributed by atoms with Crippen molar-refractivity contribution in [2.24, 2.45) is 5.73 Å². The molecule has 0 aromatic carbocycles. The summed E-state index contributed by atoms with van der Waals surface area (Å²) in [7, 11) is 0. The molecule has 0 aromatic heterocycles. The molecule has 65 heavy (non-hydrogen) atoms. The summed E-state index contributed by atoms with van der Waals surface area (Å²) in [6.45, 7) is -4.03. The standard InChI is InChI=1S/C35H60N2O28/c1-8(43)37-16-9(44)2-35(34(55)56,64-28(16)17(46)10(45)3-38)65-29-19(48)12(5-40)59-33(24(29)53)63-27-15(36)31(58-11(4-39)18(27)47)61-26-14(7-42)60-32(23(52)21(26)50)62-25-13(6-41)57-30(54)22(51)20(25)49/h9-33,38-42,44-54H,2-7,36H2,1H3,(H,37,43)(H,55,56)/t9-,10+,11+,12+,13+,14+,15+,16+,17+,18-,19-,20+,21+,22-,23+,24+,25+,26-,27+,28+,29-,30+,31-,32-,33-,35-/m0/s1. The number of amides is 1. The van der Waals surface area contributed by atoms with Gasteiger partial charge in [0.1, 0.15) is 110 Å². The second-order valence-corrected chi connectivity index (χ2v) is 16.2. The van der Waals surface area contributed by atoms with Crippen molar-refractivity contribution in [2.45, 2.75) is 172 Å². The van der Waals surface area contributed by atoms with Crippen LogP contribution in [0.2, 0.25) is 0 Å². The molecule has 0 bridgehead atoms. The van der Waals surface area contributed by atoms with Gasteiger partial charge in [0.05, 0.1) is 51.2 Å². The second-order valence-electron chi connectivity index (χ2n) is 16.2. The Hall–Kier alpha value is -2.10. The number of hydrogen-bond acceptors (Lipinski definition) is 28. The van der Waals surface area contributed by atoms with E-state index in [1.54, 1.807) is 0 Å². The molecule has 5 heterocycles. The monoisotopic (exact) mass is 956 g/mol. The Morgan fingerprint density at radius 3 is 1.66 bits per heavy atom. The molecule has 5 rings (SSSR count). The summed E-state index contributed by atoms with van der Waals surface area (Å²) in [5.41, 5.74) is 6.40. The molecule has 5 fully saturated rings. The number of hydrogen-bond donors (Lipinski definition) is 19. The van der Waals surface area contributed by atoms with Crippen molar-refractivity contribution < 1.29 is 139 Å². The third kappa shape index (κ3) is 11.2. The normalized spacial score (nSPS) is 48.3. The highest BCUT2D eigenvalue weighted by Gasteiger charge is 2.61. The maximum Gasteiger partial charge on any atom is 0.364 e. The van der Waals surface area contributed by atoms with Gasteiger partial charge >= 0.3 is 5.97 Å². The van der Waals surface area contributed by atoms with Crippen LogP contribution in [0.15, 0.2) is 0 Å². The number of nitrogens with one attached hydrogen (secondary N) is 1. The Morgan fingerprint density at radius 2 is 1.12 bits per heavy atom. The van der Waals surface area contributed by atoms with E-state index in [9.17, 15) is 96.4 Å². The average Bonchev–Trinajstić information content (AvgIpc) is 3.27. The molecule has 0 aromatic rings. The molecule has 30 heteroatoms. The summed E-state index contributed by atoms with van der Waals surface area (Å²) in [6, 6.07) is -3.39. The van der Waals surface area contributed by atoms with Gasteiger partial charge in [0, 0.05) is 13.3 Å². The van der Waals surface area contributed by atoms with Crippen LogP contribution in [0.5, 0.6) is 0 Å². The zero-order valence-electron chi connectivity index (χ0n) is 34.3.